The predicted molar refractivity (Wildman–Crippen MR) is 81.7 cm³/mol. The number of Topliss-reactive ketones (excluding diaryl/α,β-unsaturated/α-hetero) is 1. The van der Waals surface area contributed by atoms with E-state index in [1.807, 2.05) is 0 Å². The van der Waals surface area contributed by atoms with Crippen molar-refractivity contribution in [1.29, 1.82) is 0 Å². The van der Waals surface area contributed by atoms with Gasteiger partial charge in [0.15, 0.2) is 5.78 Å². The molecule has 0 saturated heterocycles. The number of hydrogen-bond donors (Lipinski definition) is 0. The number of hydrogen-bond acceptors (Lipinski definition) is 4. The van der Waals surface area contributed by atoms with E-state index in [1.54, 1.807) is 25.1 Å². The number of alkyl halides is 2. The minimum Gasteiger partial charge on any atom is -0.462 e. The number of halogens is 2. The third-order valence-corrected chi connectivity index (χ3v) is 3.92. The lowest BCUT2D eigenvalue weighted by Gasteiger charge is -2.13. The number of carbonyl (C=O) groups excluding carboxylic acids is 2. The van der Waals surface area contributed by atoms with Crippen LogP contribution in [0.2, 0.25) is 0 Å². The first-order valence-electron chi connectivity index (χ1n) is 7.73. The molecule has 0 bridgehead atoms. The Morgan fingerprint density at radius 1 is 1.38 bits per heavy atom. The maximum absolute atomic E-state index is 13.3. The van der Waals surface area contributed by atoms with Crippen LogP contribution < -0.4 is 0 Å². The molecule has 3 rings (SSSR count). The van der Waals surface area contributed by atoms with E-state index >= 15 is 0 Å². The van der Waals surface area contributed by atoms with Crippen LogP contribution in [0.1, 0.15) is 58.3 Å². The lowest BCUT2D eigenvalue weighted by Crippen LogP contribution is -2.15. The van der Waals surface area contributed by atoms with Crippen LogP contribution in [0.25, 0.3) is 5.69 Å². The molecular formula is C17H16F2N2O3. The summed E-state index contributed by atoms with van der Waals surface area (Å²) >= 11 is 0. The number of ether oxygens (including phenoxy) is 1. The number of ketones is 1. The van der Waals surface area contributed by atoms with Crippen LogP contribution in [-0.2, 0) is 11.2 Å². The average molecular weight is 334 g/mol. The second-order valence-corrected chi connectivity index (χ2v) is 5.47. The van der Waals surface area contributed by atoms with E-state index in [0.717, 1.165) is 0 Å². The topological polar surface area (TPSA) is 61.2 Å². The molecule has 0 amide bonds. The number of fused-ring (bicyclic) bond motifs is 1. The number of benzene rings is 1. The Hall–Kier alpha value is -2.57. The van der Waals surface area contributed by atoms with E-state index in [0.29, 0.717) is 30.5 Å². The van der Waals surface area contributed by atoms with Crippen molar-refractivity contribution in [2.45, 2.75) is 32.6 Å². The van der Waals surface area contributed by atoms with Crippen molar-refractivity contribution in [1.82, 2.24) is 9.78 Å². The van der Waals surface area contributed by atoms with Crippen molar-refractivity contribution in [3.63, 3.8) is 0 Å². The fourth-order valence-electron chi connectivity index (χ4n) is 2.89. The molecule has 7 heteroatoms. The molecule has 126 valence electrons. The molecule has 0 atom stereocenters. The number of esters is 1. The molecule has 0 aliphatic heterocycles. The standard InChI is InChI=1S/C17H16F2N2O3/c1-2-24-17(23)10-5-3-6-11(9-10)21-15-12(7-4-8-13(15)22)14(20-21)16(18)19/h3,5-6,9,16H,2,4,7-8H2,1H3. The smallest absolute Gasteiger partial charge is 0.338 e. The van der Waals surface area contributed by atoms with Crippen LogP contribution in [0.4, 0.5) is 8.78 Å². The summed E-state index contributed by atoms with van der Waals surface area (Å²) in [6.07, 6.45) is -1.50. The molecule has 1 aliphatic carbocycles. The SMILES string of the molecule is CCOC(=O)c1cccc(-n2nc(C(F)F)c3c2C(=O)CCC3)c1. The molecule has 1 aromatic heterocycles. The molecule has 0 N–H and O–H groups in total. The summed E-state index contributed by atoms with van der Waals surface area (Å²) in [5.41, 5.74) is 0.805. The molecule has 0 spiro atoms. The van der Waals surface area contributed by atoms with Gasteiger partial charge in [-0.25, -0.2) is 18.3 Å². The van der Waals surface area contributed by atoms with E-state index in [9.17, 15) is 18.4 Å². The van der Waals surface area contributed by atoms with Gasteiger partial charge in [-0.2, -0.15) is 5.10 Å². The minimum absolute atomic E-state index is 0.192. The molecular weight excluding hydrogens is 318 g/mol. The van der Waals surface area contributed by atoms with Gasteiger partial charge in [-0.15, -0.1) is 0 Å². The number of aromatic nitrogens is 2. The number of nitrogens with zero attached hydrogens (tertiary/aromatic N) is 2. The lowest BCUT2D eigenvalue weighted by atomic mass is 9.94. The van der Waals surface area contributed by atoms with Crippen LogP contribution in [-0.4, -0.2) is 28.1 Å². The second kappa shape index (κ2) is 6.51. The van der Waals surface area contributed by atoms with Crippen molar-refractivity contribution in [3.05, 3.63) is 46.8 Å². The van der Waals surface area contributed by atoms with Crippen molar-refractivity contribution < 1.29 is 23.1 Å². The van der Waals surface area contributed by atoms with Crippen molar-refractivity contribution in [2.75, 3.05) is 6.61 Å². The first kappa shape index (κ1) is 16.3. The second-order valence-electron chi connectivity index (χ2n) is 5.47. The molecule has 1 aliphatic rings. The normalized spacial score (nSPS) is 13.9. The quantitative estimate of drug-likeness (QED) is 0.803. The Kier molecular flexibility index (Phi) is 4.42. The summed E-state index contributed by atoms with van der Waals surface area (Å²) in [5, 5.41) is 3.95. The van der Waals surface area contributed by atoms with Gasteiger partial charge < -0.3 is 4.74 Å². The molecule has 0 saturated carbocycles. The third kappa shape index (κ3) is 2.81. The Bertz CT molecular complexity index is 799. The van der Waals surface area contributed by atoms with E-state index in [2.05, 4.69) is 5.10 Å². The zero-order valence-corrected chi connectivity index (χ0v) is 13.1. The fourth-order valence-corrected chi connectivity index (χ4v) is 2.89. The van der Waals surface area contributed by atoms with Crippen molar-refractivity contribution >= 4 is 11.8 Å². The van der Waals surface area contributed by atoms with Gasteiger partial charge in [-0.3, -0.25) is 4.79 Å². The van der Waals surface area contributed by atoms with Crippen LogP contribution in [0, 0.1) is 0 Å². The predicted octanol–water partition coefficient (Wildman–Crippen LogP) is 3.51. The van der Waals surface area contributed by atoms with Crippen molar-refractivity contribution in [3.8, 4) is 5.69 Å². The number of carbonyl (C=O) groups is 2. The lowest BCUT2D eigenvalue weighted by molar-refractivity contribution is 0.0526. The van der Waals surface area contributed by atoms with Gasteiger partial charge in [0.25, 0.3) is 6.43 Å². The Balaban J connectivity index is 2.12. The average Bonchev–Trinajstić information content (AvgIpc) is 2.96. The molecule has 1 heterocycles. The molecule has 1 aromatic carbocycles. The van der Waals surface area contributed by atoms with Crippen LogP contribution in [0.3, 0.4) is 0 Å². The molecule has 2 aromatic rings. The van der Waals surface area contributed by atoms with Gasteiger partial charge in [-0.1, -0.05) is 6.07 Å². The molecule has 0 unspecified atom stereocenters. The number of rotatable bonds is 4. The summed E-state index contributed by atoms with van der Waals surface area (Å²) in [7, 11) is 0. The van der Waals surface area contributed by atoms with Gasteiger partial charge in [0, 0.05) is 12.0 Å². The van der Waals surface area contributed by atoms with Gasteiger partial charge in [0.2, 0.25) is 0 Å². The minimum atomic E-state index is -2.75. The van der Waals surface area contributed by atoms with Crippen molar-refractivity contribution in [2.24, 2.45) is 0 Å². The zero-order valence-electron chi connectivity index (χ0n) is 13.1. The zero-order chi connectivity index (χ0) is 17.3. The summed E-state index contributed by atoms with van der Waals surface area (Å²) < 4.78 is 32.7. The van der Waals surface area contributed by atoms with Gasteiger partial charge >= 0.3 is 5.97 Å². The summed E-state index contributed by atoms with van der Waals surface area (Å²) in [4.78, 5) is 24.1. The van der Waals surface area contributed by atoms with E-state index < -0.39 is 12.4 Å². The fraction of sp³-hybridized carbons (Fsp3) is 0.353. The molecule has 0 radical (unpaired) electrons. The maximum Gasteiger partial charge on any atom is 0.338 e. The molecule has 0 fully saturated rings. The Labute approximate surface area is 137 Å². The van der Waals surface area contributed by atoms with E-state index in [-0.39, 0.29) is 29.3 Å². The molecule has 24 heavy (non-hydrogen) atoms. The maximum atomic E-state index is 13.3. The highest BCUT2D eigenvalue weighted by molar-refractivity contribution is 5.98. The highest BCUT2D eigenvalue weighted by atomic mass is 19.3. The monoisotopic (exact) mass is 334 g/mol. The van der Waals surface area contributed by atoms with Gasteiger partial charge in [0.1, 0.15) is 11.4 Å². The highest BCUT2D eigenvalue weighted by Gasteiger charge is 2.31. The van der Waals surface area contributed by atoms with Gasteiger partial charge in [-0.05, 0) is 38.0 Å². The van der Waals surface area contributed by atoms with Crippen LogP contribution >= 0.6 is 0 Å². The van der Waals surface area contributed by atoms with Gasteiger partial charge in [0.05, 0.1) is 17.9 Å². The summed E-state index contributed by atoms with van der Waals surface area (Å²) in [5.74, 6) is -0.724. The highest BCUT2D eigenvalue weighted by Crippen LogP contribution is 2.32. The Morgan fingerprint density at radius 2 is 2.17 bits per heavy atom. The van der Waals surface area contributed by atoms with Crippen LogP contribution in [0.5, 0.6) is 0 Å². The Morgan fingerprint density at radius 3 is 2.88 bits per heavy atom. The molecule has 5 nitrogen and oxygen atoms in total. The first-order chi connectivity index (χ1) is 11.5. The third-order valence-electron chi connectivity index (χ3n) is 3.92. The largest absolute Gasteiger partial charge is 0.462 e. The summed E-state index contributed by atoms with van der Waals surface area (Å²) in [6.45, 7) is 1.92. The summed E-state index contributed by atoms with van der Waals surface area (Å²) in [6, 6.07) is 6.27. The van der Waals surface area contributed by atoms with E-state index in [4.69, 9.17) is 4.74 Å². The first-order valence-corrected chi connectivity index (χ1v) is 7.73. The van der Waals surface area contributed by atoms with E-state index in [1.165, 1.54) is 10.7 Å². The van der Waals surface area contributed by atoms with Crippen LogP contribution in [0.15, 0.2) is 24.3 Å².